The molecule has 3 heterocycles. The van der Waals surface area contributed by atoms with Gasteiger partial charge in [0.05, 0.1) is 22.6 Å². The van der Waals surface area contributed by atoms with Crippen LogP contribution in [0.2, 0.25) is 0 Å². The zero-order chi connectivity index (χ0) is 19.1. The summed E-state index contributed by atoms with van der Waals surface area (Å²) in [6.45, 7) is 0. The third kappa shape index (κ3) is 2.82. The molecule has 1 aromatic carbocycles. The van der Waals surface area contributed by atoms with Crippen LogP contribution in [0.5, 0.6) is 0 Å². The zero-order valence-corrected chi connectivity index (χ0v) is 15.2. The van der Waals surface area contributed by atoms with Crippen molar-refractivity contribution in [3.8, 4) is 5.69 Å². The number of aliphatic hydroxyl groups is 1. The summed E-state index contributed by atoms with van der Waals surface area (Å²) in [6, 6.07) is 9.66. The highest BCUT2D eigenvalue weighted by Crippen LogP contribution is 2.24. The summed E-state index contributed by atoms with van der Waals surface area (Å²) in [6.07, 6.45) is 6.38. The van der Waals surface area contributed by atoms with Crippen molar-refractivity contribution in [1.29, 1.82) is 0 Å². The van der Waals surface area contributed by atoms with Gasteiger partial charge in [-0.15, -0.1) is 0 Å². The van der Waals surface area contributed by atoms with Gasteiger partial charge in [-0.25, -0.2) is 4.98 Å². The lowest BCUT2D eigenvalue weighted by Crippen LogP contribution is -2.29. The number of benzene rings is 1. The van der Waals surface area contributed by atoms with Crippen LogP contribution in [0.4, 0.5) is 5.95 Å². The Labute approximate surface area is 160 Å². The van der Waals surface area contributed by atoms with Gasteiger partial charge in [-0.1, -0.05) is 18.2 Å². The molecule has 0 aliphatic heterocycles. The molecular formula is C20H20N6O2. The molecule has 0 saturated heterocycles. The first-order valence-corrected chi connectivity index (χ1v) is 9.46. The number of nitrogens with one attached hydrogen (secondary N) is 2. The molecule has 8 nitrogen and oxygen atoms in total. The average Bonchev–Trinajstić information content (AvgIpc) is 3.21. The molecule has 3 N–H and O–H groups in total. The number of H-pyrrole nitrogens is 1. The third-order valence-electron chi connectivity index (χ3n) is 5.35. The summed E-state index contributed by atoms with van der Waals surface area (Å²) in [5, 5.41) is 21.3. The maximum Gasteiger partial charge on any atom is 0.267 e. The number of rotatable bonds is 3. The Morgan fingerprint density at radius 2 is 1.89 bits per heavy atom. The summed E-state index contributed by atoms with van der Waals surface area (Å²) in [5.74, 6) is 0.479. The maximum atomic E-state index is 13.1. The molecule has 0 bridgehead atoms. The lowest BCUT2D eigenvalue weighted by Gasteiger charge is -2.26. The zero-order valence-electron chi connectivity index (χ0n) is 15.2. The van der Waals surface area contributed by atoms with Crippen LogP contribution >= 0.6 is 0 Å². The van der Waals surface area contributed by atoms with Crippen LogP contribution in [0.3, 0.4) is 0 Å². The third-order valence-corrected chi connectivity index (χ3v) is 5.35. The molecule has 28 heavy (non-hydrogen) atoms. The van der Waals surface area contributed by atoms with Crippen LogP contribution in [-0.4, -0.2) is 42.0 Å². The van der Waals surface area contributed by atoms with Gasteiger partial charge in [-0.3, -0.25) is 14.5 Å². The van der Waals surface area contributed by atoms with E-state index in [2.05, 4.69) is 25.5 Å². The highest BCUT2D eigenvalue weighted by molar-refractivity contribution is 6.02. The summed E-state index contributed by atoms with van der Waals surface area (Å²) in [5.41, 5.74) is 1.66. The smallest absolute Gasteiger partial charge is 0.267 e. The van der Waals surface area contributed by atoms with Crippen LogP contribution in [-0.2, 0) is 0 Å². The van der Waals surface area contributed by atoms with Crippen molar-refractivity contribution in [2.75, 3.05) is 5.32 Å². The molecule has 0 amide bonds. The molecule has 1 aliphatic carbocycles. The van der Waals surface area contributed by atoms with Crippen molar-refractivity contribution in [3.63, 3.8) is 0 Å². The largest absolute Gasteiger partial charge is 0.393 e. The predicted molar refractivity (Wildman–Crippen MR) is 107 cm³/mol. The fourth-order valence-corrected chi connectivity index (χ4v) is 3.87. The van der Waals surface area contributed by atoms with Gasteiger partial charge in [-0.2, -0.15) is 10.1 Å². The first-order valence-electron chi connectivity index (χ1n) is 9.46. The van der Waals surface area contributed by atoms with Gasteiger partial charge in [-0.05, 0) is 37.8 Å². The number of aliphatic hydroxyl groups excluding tert-OH is 1. The summed E-state index contributed by atoms with van der Waals surface area (Å²) < 4.78 is 1.60. The normalized spacial score (nSPS) is 19.9. The molecular weight excluding hydrogens is 356 g/mol. The summed E-state index contributed by atoms with van der Waals surface area (Å²) >= 11 is 0. The second kappa shape index (κ2) is 6.72. The van der Waals surface area contributed by atoms with E-state index in [-0.39, 0.29) is 17.7 Å². The number of hydrogen-bond acceptors (Lipinski definition) is 6. The van der Waals surface area contributed by atoms with Gasteiger partial charge in [0.15, 0.2) is 5.65 Å². The van der Waals surface area contributed by atoms with E-state index in [1.54, 1.807) is 17.0 Å². The average molecular weight is 376 g/mol. The van der Waals surface area contributed by atoms with Gasteiger partial charge in [0.2, 0.25) is 5.95 Å². The Balaban J connectivity index is 1.67. The topological polar surface area (TPSA) is 109 Å². The van der Waals surface area contributed by atoms with Crippen molar-refractivity contribution in [3.05, 3.63) is 53.1 Å². The first kappa shape index (κ1) is 16.9. The van der Waals surface area contributed by atoms with Crippen LogP contribution < -0.4 is 10.9 Å². The minimum atomic E-state index is -0.216. The molecule has 1 aliphatic rings. The van der Waals surface area contributed by atoms with Crippen LogP contribution in [0.25, 0.3) is 27.6 Å². The van der Waals surface area contributed by atoms with Gasteiger partial charge in [0.25, 0.3) is 5.56 Å². The molecule has 142 valence electrons. The minimum absolute atomic E-state index is 0.173. The Hall–Kier alpha value is -3.26. The number of nitrogens with zero attached hydrogens (tertiary/aromatic N) is 4. The van der Waals surface area contributed by atoms with Crippen molar-refractivity contribution in [2.45, 2.75) is 37.8 Å². The van der Waals surface area contributed by atoms with Gasteiger partial charge < -0.3 is 10.4 Å². The Morgan fingerprint density at radius 3 is 2.68 bits per heavy atom. The fourth-order valence-electron chi connectivity index (χ4n) is 3.87. The molecule has 3 aromatic heterocycles. The van der Waals surface area contributed by atoms with E-state index < -0.39 is 0 Å². The number of aromatic nitrogens is 5. The van der Waals surface area contributed by atoms with E-state index in [0.29, 0.717) is 27.9 Å². The van der Waals surface area contributed by atoms with Crippen LogP contribution in [0, 0.1) is 0 Å². The number of pyridine rings is 1. The van der Waals surface area contributed by atoms with Gasteiger partial charge in [0, 0.05) is 18.4 Å². The van der Waals surface area contributed by atoms with Crippen LogP contribution in [0.1, 0.15) is 25.7 Å². The van der Waals surface area contributed by atoms with Crippen molar-refractivity contribution >= 4 is 27.9 Å². The predicted octanol–water partition coefficient (Wildman–Crippen LogP) is 2.37. The Bertz CT molecular complexity index is 1190. The van der Waals surface area contributed by atoms with E-state index in [9.17, 15) is 9.90 Å². The molecule has 0 spiro atoms. The van der Waals surface area contributed by atoms with E-state index in [1.165, 1.54) is 0 Å². The molecule has 4 aromatic rings. The fraction of sp³-hybridized carbons (Fsp3) is 0.300. The van der Waals surface area contributed by atoms with Gasteiger partial charge in [0.1, 0.15) is 5.52 Å². The second-order valence-corrected chi connectivity index (χ2v) is 7.20. The standard InChI is InChI=1S/C20H20N6O2/c27-14-8-6-12(7-9-14)23-20-21-10-15-17-16(11-22-25-17)19(28)26(18(15)24-20)13-4-2-1-3-5-13/h1-5,10-12,14,27H,6-9H2,(H,22,25)(H,21,23,24)/t12-,14-. The quantitative estimate of drug-likeness (QED) is 0.507. The molecule has 1 fully saturated rings. The lowest BCUT2D eigenvalue weighted by molar-refractivity contribution is 0.126. The number of para-hydroxylation sites is 1. The van der Waals surface area contributed by atoms with E-state index in [1.807, 2.05) is 30.3 Å². The molecule has 0 radical (unpaired) electrons. The number of anilines is 1. The first-order chi connectivity index (χ1) is 13.7. The van der Waals surface area contributed by atoms with E-state index in [0.717, 1.165) is 31.4 Å². The van der Waals surface area contributed by atoms with Crippen molar-refractivity contribution < 1.29 is 5.11 Å². The highest BCUT2D eigenvalue weighted by Gasteiger charge is 2.21. The van der Waals surface area contributed by atoms with Crippen molar-refractivity contribution in [1.82, 2.24) is 24.7 Å². The SMILES string of the molecule is O=c1c2c[nH]nc2c2cnc(N[C@H]3CC[C@H](O)CC3)nc2n1-c1ccccc1. The van der Waals surface area contributed by atoms with Crippen LogP contribution in [0.15, 0.2) is 47.5 Å². The Kier molecular flexibility index (Phi) is 4.05. The molecule has 5 rings (SSSR count). The minimum Gasteiger partial charge on any atom is -0.393 e. The van der Waals surface area contributed by atoms with Crippen molar-refractivity contribution in [2.24, 2.45) is 0 Å². The number of fused-ring (bicyclic) bond motifs is 3. The summed E-state index contributed by atoms with van der Waals surface area (Å²) in [4.78, 5) is 22.3. The second-order valence-electron chi connectivity index (χ2n) is 7.20. The van der Waals surface area contributed by atoms with E-state index in [4.69, 9.17) is 0 Å². The van der Waals surface area contributed by atoms with E-state index >= 15 is 0 Å². The summed E-state index contributed by atoms with van der Waals surface area (Å²) in [7, 11) is 0. The molecule has 0 unspecified atom stereocenters. The Morgan fingerprint density at radius 1 is 1.11 bits per heavy atom. The molecule has 0 atom stereocenters. The lowest BCUT2D eigenvalue weighted by atomic mass is 9.93. The highest BCUT2D eigenvalue weighted by atomic mass is 16.3. The number of aromatic amines is 1. The molecule has 1 saturated carbocycles. The van der Waals surface area contributed by atoms with Gasteiger partial charge >= 0.3 is 0 Å². The molecule has 8 heteroatoms. The monoisotopic (exact) mass is 376 g/mol. The maximum absolute atomic E-state index is 13.1. The number of hydrogen-bond donors (Lipinski definition) is 3.